The molecular weight excluding hydrogens is 378 g/mol. The lowest BCUT2D eigenvalue weighted by Crippen LogP contribution is -2.41. The molecule has 2 N–H and O–H groups in total. The van der Waals surface area contributed by atoms with Crippen LogP contribution in [-0.2, 0) is 16.1 Å². The van der Waals surface area contributed by atoms with Crippen LogP contribution in [0.25, 0.3) is 10.6 Å². The van der Waals surface area contributed by atoms with Crippen LogP contribution in [0, 0.1) is 0 Å². The summed E-state index contributed by atoms with van der Waals surface area (Å²) in [5.74, 6) is -0.929. The molecule has 134 valence electrons. The van der Waals surface area contributed by atoms with Crippen molar-refractivity contribution < 1.29 is 23.5 Å². The number of ether oxygens (including phenoxy) is 1. The molecule has 0 spiro atoms. The number of thiophene rings is 1. The van der Waals surface area contributed by atoms with Crippen LogP contribution in [0.1, 0.15) is 16.2 Å². The number of aromatic nitrogens is 1. The van der Waals surface area contributed by atoms with Crippen LogP contribution in [-0.4, -0.2) is 29.5 Å². The molecule has 0 unspecified atom stereocenters. The molecular formula is C16H13N3O5S2. The number of amides is 3. The minimum Gasteiger partial charge on any atom is -0.467 e. The van der Waals surface area contributed by atoms with E-state index in [-0.39, 0.29) is 12.2 Å². The fourth-order valence-electron chi connectivity index (χ4n) is 1.88. The highest BCUT2D eigenvalue weighted by molar-refractivity contribution is 7.14. The van der Waals surface area contributed by atoms with Crippen LogP contribution < -0.4 is 10.6 Å². The highest BCUT2D eigenvalue weighted by Gasteiger charge is 2.16. The summed E-state index contributed by atoms with van der Waals surface area (Å²) in [5.41, 5.74) is 1.04. The number of carbonyl (C=O) groups excluding carboxylic acids is 3. The summed E-state index contributed by atoms with van der Waals surface area (Å²) in [7, 11) is 0. The Kier molecular flexibility index (Phi) is 5.77. The van der Waals surface area contributed by atoms with E-state index in [0.29, 0.717) is 10.8 Å². The summed E-state index contributed by atoms with van der Waals surface area (Å²) in [5, 5.41) is 10.6. The zero-order valence-electron chi connectivity index (χ0n) is 13.3. The van der Waals surface area contributed by atoms with E-state index in [0.717, 1.165) is 5.56 Å². The summed E-state index contributed by atoms with van der Waals surface area (Å²) in [6, 6.07) is 4.55. The Balaban J connectivity index is 1.42. The van der Waals surface area contributed by atoms with Gasteiger partial charge >= 0.3 is 12.0 Å². The molecule has 0 aromatic carbocycles. The Morgan fingerprint density at radius 3 is 2.85 bits per heavy atom. The van der Waals surface area contributed by atoms with Gasteiger partial charge in [0.25, 0.3) is 5.91 Å². The number of furan rings is 1. The van der Waals surface area contributed by atoms with Gasteiger partial charge in [-0.25, -0.2) is 14.6 Å². The van der Waals surface area contributed by atoms with Gasteiger partial charge in [0.05, 0.1) is 12.8 Å². The maximum Gasteiger partial charge on any atom is 0.358 e. The molecule has 0 saturated carbocycles. The van der Waals surface area contributed by atoms with Crippen molar-refractivity contribution in [3.63, 3.8) is 0 Å². The molecule has 3 amide bonds. The summed E-state index contributed by atoms with van der Waals surface area (Å²) in [6.45, 7) is -0.450. The highest BCUT2D eigenvalue weighted by atomic mass is 32.1. The lowest BCUT2D eigenvalue weighted by atomic mass is 10.3. The van der Waals surface area contributed by atoms with E-state index in [2.05, 4.69) is 15.6 Å². The van der Waals surface area contributed by atoms with Crippen molar-refractivity contribution in [2.24, 2.45) is 0 Å². The Labute approximate surface area is 155 Å². The lowest BCUT2D eigenvalue weighted by Gasteiger charge is -2.05. The van der Waals surface area contributed by atoms with Gasteiger partial charge in [-0.05, 0) is 23.6 Å². The summed E-state index contributed by atoms with van der Waals surface area (Å²) >= 11 is 2.84. The van der Waals surface area contributed by atoms with Gasteiger partial charge in [-0.1, -0.05) is 0 Å². The molecule has 0 atom stereocenters. The van der Waals surface area contributed by atoms with Gasteiger partial charge in [-0.3, -0.25) is 10.1 Å². The van der Waals surface area contributed by atoms with Crippen LogP contribution in [0.4, 0.5) is 4.79 Å². The predicted molar refractivity (Wildman–Crippen MR) is 94.8 cm³/mol. The maximum absolute atomic E-state index is 11.9. The van der Waals surface area contributed by atoms with Crippen LogP contribution >= 0.6 is 22.7 Å². The second kappa shape index (κ2) is 8.41. The Morgan fingerprint density at radius 2 is 2.12 bits per heavy atom. The Hall–Kier alpha value is -2.98. The molecule has 0 radical (unpaired) electrons. The first kappa shape index (κ1) is 17.8. The van der Waals surface area contributed by atoms with Crippen molar-refractivity contribution in [1.82, 2.24) is 15.6 Å². The van der Waals surface area contributed by atoms with E-state index in [1.54, 1.807) is 17.5 Å². The Morgan fingerprint density at radius 1 is 1.23 bits per heavy atom. The molecule has 0 saturated heterocycles. The first-order chi connectivity index (χ1) is 12.6. The van der Waals surface area contributed by atoms with Crippen molar-refractivity contribution in [1.29, 1.82) is 0 Å². The third-order valence-corrected chi connectivity index (χ3v) is 4.65. The monoisotopic (exact) mass is 391 g/mol. The van der Waals surface area contributed by atoms with E-state index in [4.69, 9.17) is 9.15 Å². The number of esters is 1. The number of hydrogen-bond donors (Lipinski definition) is 2. The first-order valence-electron chi connectivity index (χ1n) is 7.37. The van der Waals surface area contributed by atoms with E-state index >= 15 is 0 Å². The minimum absolute atomic E-state index is 0.117. The second-order valence-corrected chi connectivity index (χ2v) is 6.57. The van der Waals surface area contributed by atoms with E-state index in [9.17, 15) is 14.4 Å². The smallest absolute Gasteiger partial charge is 0.358 e. The third kappa shape index (κ3) is 4.77. The standard InChI is InChI=1S/C16H13N3O5S2/c20-13(19-16(22)17-6-11-2-1-4-23-11)7-24-15(21)12-9-26-14(18-12)10-3-5-25-8-10/h1-5,8-9H,6-7H2,(H2,17,19,20,22). The van der Waals surface area contributed by atoms with Crippen LogP contribution in [0.3, 0.4) is 0 Å². The normalized spacial score (nSPS) is 10.3. The minimum atomic E-state index is -0.747. The molecule has 0 aliphatic heterocycles. The highest BCUT2D eigenvalue weighted by Crippen LogP contribution is 2.25. The van der Waals surface area contributed by atoms with E-state index in [1.165, 1.54) is 28.9 Å². The van der Waals surface area contributed by atoms with Crippen LogP contribution in [0.5, 0.6) is 0 Å². The van der Waals surface area contributed by atoms with Gasteiger partial charge in [0, 0.05) is 16.3 Å². The molecule has 0 aliphatic rings. The number of carbonyl (C=O) groups is 3. The van der Waals surface area contributed by atoms with Gasteiger partial charge in [0.15, 0.2) is 12.3 Å². The number of hydrogen-bond acceptors (Lipinski definition) is 8. The molecule has 8 nitrogen and oxygen atoms in total. The van der Waals surface area contributed by atoms with Gasteiger partial charge in [0.1, 0.15) is 10.8 Å². The third-order valence-electron chi connectivity index (χ3n) is 3.07. The quantitative estimate of drug-likeness (QED) is 0.625. The van der Waals surface area contributed by atoms with Crippen LogP contribution in [0.2, 0.25) is 0 Å². The zero-order valence-corrected chi connectivity index (χ0v) is 14.9. The number of thiazole rings is 1. The Bertz CT molecular complexity index is 887. The van der Waals surface area contributed by atoms with Crippen molar-refractivity contribution in [3.8, 4) is 10.6 Å². The van der Waals surface area contributed by atoms with Crippen molar-refractivity contribution in [2.75, 3.05) is 6.61 Å². The molecule has 26 heavy (non-hydrogen) atoms. The zero-order chi connectivity index (χ0) is 18.4. The average Bonchev–Trinajstić information content (AvgIpc) is 3.39. The molecule has 3 aromatic rings. The largest absolute Gasteiger partial charge is 0.467 e. The van der Waals surface area contributed by atoms with Crippen molar-refractivity contribution in [2.45, 2.75) is 6.54 Å². The first-order valence-corrected chi connectivity index (χ1v) is 9.19. The fourth-order valence-corrected chi connectivity index (χ4v) is 3.38. The van der Waals surface area contributed by atoms with Gasteiger partial charge < -0.3 is 14.5 Å². The average molecular weight is 391 g/mol. The number of nitrogens with one attached hydrogen (secondary N) is 2. The summed E-state index contributed by atoms with van der Waals surface area (Å²) in [4.78, 5) is 39.3. The number of urea groups is 1. The molecule has 0 aliphatic carbocycles. The molecule has 0 fully saturated rings. The topological polar surface area (TPSA) is 111 Å². The van der Waals surface area contributed by atoms with Gasteiger partial charge in [-0.2, -0.15) is 11.3 Å². The summed E-state index contributed by atoms with van der Waals surface area (Å²) in [6.07, 6.45) is 1.47. The maximum atomic E-state index is 11.9. The van der Waals surface area contributed by atoms with Crippen molar-refractivity contribution >= 4 is 40.6 Å². The fraction of sp³-hybridized carbons (Fsp3) is 0.125. The second-order valence-electron chi connectivity index (χ2n) is 4.94. The summed E-state index contributed by atoms with van der Waals surface area (Å²) < 4.78 is 9.91. The number of imide groups is 1. The number of rotatable bonds is 6. The number of nitrogens with zero attached hydrogens (tertiary/aromatic N) is 1. The van der Waals surface area contributed by atoms with E-state index in [1.807, 2.05) is 16.8 Å². The van der Waals surface area contributed by atoms with Crippen molar-refractivity contribution in [3.05, 3.63) is 52.1 Å². The lowest BCUT2D eigenvalue weighted by molar-refractivity contribution is -0.123. The molecule has 3 aromatic heterocycles. The van der Waals surface area contributed by atoms with Gasteiger partial charge in [-0.15, -0.1) is 11.3 Å². The molecule has 10 heteroatoms. The van der Waals surface area contributed by atoms with E-state index < -0.39 is 24.5 Å². The SMILES string of the molecule is O=C(COC(=O)c1csc(-c2ccsc2)n1)NC(=O)NCc1ccco1. The van der Waals surface area contributed by atoms with Crippen LogP contribution in [0.15, 0.2) is 45.0 Å². The molecule has 0 bridgehead atoms. The van der Waals surface area contributed by atoms with Gasteiger partial charge in [0.2, 0.25) is 0 Å². The molecule has 3 heterocycles. The molecule has 3 rings (SSSR count). The predicted octanol–water partition coefficient (Wildman–Crippen LogP) is 2.65.